The summed E-state index contributed by atoms with van der Waals surface area (Å²) in [5, 5.41) is 9.80. The number of hydrogen-bond acceptors (Lipinski definition) is 6. The van der Waals surface area contributed by atoms with Gasteiger partial charge in [-0.15, -0.1) is 0 Å². The van der Waals surface area contributed by atoms with Crippen molar-refractivity contribution in [3.8, 4) is 5.75 Å². The van der Waals surface area contributed by atoms with Crippen LogP contribution in [0.15, 0.2) is 21.3 Å². The van der Waals surface area contributed by atoms with Gasteiger partial charge in [0.15, 0.2) is 11.0 Å². The van der Waals surface area contributed by atoms with Gasteiger partial charge in [-0.3, -0.25) is 4.79 Å². The van der Waals surface area contributed by atoms with Crippen LogP contribution in [0, 0.1) is 0 Å². The topological polar surface area (TPSA) is 83.2 Å². The van der Waals surface area contributed by atoms with Gasteiger partial charge in [-0.05, 0) is 19.5 Å². The van der Waals surface area contributed by atoms with Crippen molar-refractivity contribution in [2.24, 2.45) is 0 Å². The molecule has 0 atom stereocenters. The highest BCUT2D eigenvalue weighted by Crippen LogP contribution is 2.32. The molecule has 1 aliphatic rings. The summed E-state index contributed by atoms with van der Waals surface area (Å²) in [6.45, 7) is 5.02. The predicted octanol–water partition coefficient (Wildman–Crippen LogP) is 1.81. The molecule has 0 bridgehead atoms. The molecule has 2 aromatic rings. The Kier molecular flexibility index (Phi) is 4.67. The molecule has 1 aromatic heterocycles. The minimum absolute atomic E-state index is 0.178. The molecule has 1 aliphatic heterocycles. The molecule has 0 amide bonds. The third-order valence-electron chi connectivity index (χ3n) is 4.67. The fourth-order valence-corrected chi connectivity index (χ4v) is 3.19. The maximum atomic E-state index is 12.8. The van der Waals surface area contributed by atoms with Crippen molar-refractivity contribution in [3.63, 3.8) is 0 Å². The molecule has 0 radical (unpaired) electrons. The second-order valence-corrected chi connectivity index (χ2v) is 6.21. The Morgan fingerprint density at radius 1 is 1.28 bits per heavy atom. The van der Waals surface area contributed by atoms with E-state index in [9.17, 15) is 14.7 Å². The van der Waals surface area contributed by atoms with Crippen LogP contribution in [0.25, 0.3) is 11.0 Å². The first-order chi connectivity index (χ1) is 12.0. The number of piperazine rings is 1. The molecule has 7 nitrogen and oxygen atoms in total. The Bertz CT molecular complexity index is 866. The third-order valence-corrected chi connectivity index (χ3v) is 4.67. The Morgan fingerprint density at radius 3 is 2.52 bits per heavy atom. The number of methoxy groups -OCH3 is 1. The Labute approximate surface area is 145 Å². The van der Waals surface area contributed by atoms with E-state index in [-0.39, 0.29) is 16.8 Å². The number of aromatic carboxylic acids is 1. The smallest absolute Gasteiger partial charge is 0.372 e. The number of anilines is 1. The third kappa shape index (κ3) is 3.07. The Balaban J connectivity index is 2.28. The normalized spacial score (nSPS) is 15.6. The molecule has 2 heterocycles. The van der Waals surface area contributed by atoms with Gasteiger partial charge in [-0.2, -0.15) is 0 Å². The van der Waals surface area contributed by atoms with E-state index in [1.807, 2.05) is 0 Å². The van der Waals surface area contributed by atoms with Gasteiger partial charge in [0.05, 0.1) is 23.7 Å². The summed E-state index contributed by atoms with van der Waals surface area (Å²) in [5.74, 6) is -0.949. The molecular formula is C18H22N2O5. The van der Waals surface area contributed by atoms with Crippen LogP contribution >= 0.6 is 0 Å². The number of nitrogens with zero attached hydrogens (tertiary/aromatic N) is 2. The van der Waals surface area contributed by atoms with Gasteiger partial charge < -0.3 is 24.1 Å². The van der Waals surface area contributed by atoms with Gasteiger partial charge in [0, 0.05) is 32.2 Å². The SMILES string of the molecule is CCc1c(C(=O)O)oc2c(N3CCN(C)CC3)cc(OC)cc2c1=O. The highest BCUT2D eigenvalue weighted by atomic mass is 16.5. The Hall–Kier alpha value is -2.54. The molecule has 25 heavy (non-hydrogen) atoms. The monoisotopic (exact) mass is 346 g/mol. The molecule has 0 aliphatic carbocycles. The lowest BCUT2D eigenvalue weighted by Gasteiger charge is -2.34. The molecule has 1 fully saturated rings. The van der Waals surface area contributed by atoms with Crippen molar-refractivity contribution in [3.05, 3.63) is 33.7 Å². The largest absolute Gasteiger partial charge is 0.497 e. The molecule has 0 unspecified atom stereocenters. The van der Waals surface area contributed by atoms with Crippen LogP contribution in [0.4, 0.5) is 5.69 Å². The highest BCUT2D eigenvalue weighted by Gasteiger charge is 2.24. The molecular weight excluding hydrogens is 324 g/mol. The van der Waals surface area contributed by atoms with Gasteiger partial charge in [-0.1, -0.05) is 6.92 Å². The molecule has 0 saturated carbocycles. The van der Waals surface area contributed by atoms with E-state index in [1.165, 1.54) is 0 Å². The Morgan fingerprint density at radius 2 is 1.96 bits per heavy atom. The minimum atomic E-state index is -1.23. The summed E-state index contributed by atoms with van der Waals surface area (Å²) < 4.78 is 11.1. The van der Waals surface area contributed by atoms with Gasteiger partial charge >= 0.3 is 5.97 Å². The second-order valence-electron chi connectivity index (χ2n) is 6.21. The van der Waals surface area contributed by atoms with Gasteiger partial charge in [0.1, 0.15) is 5.75 Å². The molecule has 7 heteroatoms. The lowest BCUT2D eigenvalue weighted by molar-refractivity contribution is 0.0661. The van der Waals surface area contributed by atoms with Gasteiger partial charge in [0.2, 0.25) is 5.76 Å². The lowest BCUT2D eigenvalue weighted by atomic mass is 10.1. The van der Waals surface area contributed by atoms with Crippen LogP contribution in [0.1, 0.15) is 23.0 Å². The molecule has 134 valence electrons. The van der Waals surface area contributed by atoms with Crippen molar-refractivity contribution >= 4 is 22.6 Å². The first-order valence-corrected chi connectivity index (χ1v) is 8.30. The summed E-state index contributed by atoms with van der Waals surface area (Å²) >= 11 is 0. The molecule has 1 saturated heterocycles. The van der Waals surface area contributed by atoms with Crippen molar-refractivity contribution in [1.29, 1.82) is 0 Å². The standard InChI is InChI=1S/C18H22N2O5/c1-4-12-15(21)13-9-11(24-3)10-14(16(13)25-17(12)18(22)23)20-7-5-19(2)6-8-20/h9-10H,4-8H2,1-3H3,(H,22,23). The summed E-state index contributed by atoms with van der Waals surface area (Å²) in [4.78, 5) is 28.7. The number of carboxylic acids is 1. The van der Waals surface area contributed by atoms with Crippen LogP contribution in [-0.2, 0) is 6.42 Å². The second kappa shape index (κ2) is 6.76. The average molecular weight is 346 g/mol. The summed E-state index contributed by atoms with van der Waals surface area (Å²) in [7, 11) is 3.60. The van der Waals surface area contributed by atoms with Crippen LogP contribution < -0.4 is 15.1 Å². The number of carbonyl (C=O) groups is 1. The number of carboxylic acid groups (broad SMARTS) is 1. The summed E-state index contributed by atoms with van der Waals surface area (Å²) in [6, 6.07) is 3.42. The summed E-state index contributed by atoms with van der Waals surface area (Å²) in [6.07, 6.45) is 0.293. The zero-order chi connectivity index (χ0) is 18.1. The van der Waals surface area contributed by atoms with Crippen molar-refractivity contribution < 1.29 is 19.1 Å². The number of fused-ring (bicyclic) bond motifs is 1. The molecule has 1 aromatic carbocycles. The number of ether oxygens (including phenoxy) is 1. The number of rotatable bonds is 4. The van der Waals surface area contributed by atoms with E-state index in [1.54, 1.807) is 26.2 Å². The number of benzene rings is 1. The number of likely N-dealkylation sites (N-methyl/N-ethyl adjacent to an activating group) is 1. The van der Waals surface area contributed by atoms with E-state index >= 15 is 0 Å². The average Bonchev–Trinajstić information content (AvgIpc) is 2.61. The number of hydrogen-bond donors (Lipinski definition) is 1. The van der Waals surface area contributed by atoms with E-state index < -0.39 is 5.97 Å². The maximum absolute atomic E-state index is 12.8. The zero-order valence-electron chi connectivity index (χ0n) is 14.7. The molecule has 1 N–H and O–H groups in total. The lowest BCUT2D eigenvalue weighted by Crippen LogP contribution is -2.44. The van der Waals surface area contributed by atoms with E-state index in [4.69, 9.17) is 9.15 Å². The van der Waals surface area contributed by atoms with Crippen LogP contribution in [0.2, 0.25) is 0 Å². The zero-order valence-corrected chi connectivity index (χ0v) is 14.7. The van der Waals surface area contributed by atoms with Gasteiger partial charge in [-0.25, -0.2) is 4.79 Å². The molecule has 0 spiro atoms. The van der Waals surface area contributed by atoms with Crippen LogP contribution in [-0.4, -0.2) is 56.3 Å². The van der Waals surface area contributed by atoms with Crippen molar-refractivity contribution in [2.75, 3.05) is 45.2 Å². The van der Waals surface area contributed by atoms with E-state index in [0.717, 1.165) is 26.2 Å². The first kappa shape index (κ1) is 17.3. The van der Waals surface area contributed by atoms with Crippen molar-refractivity contribution in [1.82, 2.24) is 4.90 Å². The fourth-order valence-electron chi connectivity index (χ4n) is 3.19. The highest BCUT2D eigenvalue weighted by molar-refractivity contribution is 5.95. The summed E-state index contributed by atoms with van der Waals surface area (Å²) in [5.41, 5.74) is 0.877. The van der Waals surface area contributed by atoms with Gasteiger partial charge in [0.25, 0.3) is 0 Å². The van der Waals surface area contributed by atoms with Crippen molar-refractivity contribution in [2.45, 2.75) is 13.3 Å². The predicted molar refractivity (Wildman–Crippen MR) is 95.1 cm³/mol. The molecule has 3 rings (SSSR count). The van der Waals surface area contributed by atoms with E-state index in [0.29, 0.717) is 28.8 Å². The fraction of sp³-hybridized carbons (Fsp3) is 0.444. The van der Waals surface area contributed by atoms with E-state index in [2.05, 4.69) is 16.8 Å². The quantitative estimate of drug-likeness (QED) is 0.904. The maximum Gasteiger partial charge on any atom is 0.372 e. The minimum Gasteiger partial charge on any atom is -0.497 e. The first-order valence-electron chi connectivity index (χ1n) is 8.30. The van der Waals surface area contributed by atoms with Crippen LogP contribution in [0.3, 0.4) is 0 Å². The van der Waals surface area contributed by atoms with Crippen LogP contribution in [0.5, 0.6) is 5.75 Å².